The summed E-state index contributed by atoms with van der Waals surface area (Å²) in [6.45, 7) is 5.49. The van der Waals surface area contributed by atoms with Gasteiger partial charge in [0.05, 0.1) is 0 Å². The Balaban J connectivity index is 4.30. The molecule has 0 aliphatic rings. The number of nitrogens with one attached hydrogen (secondary N) is 1. The summed E-state index contributed by atoms with van der Waals surface area (Å²) in [6, 6.07) is 0. The quantitative estimate of drug-likeness (QED) is 0.603. The molecule has 0 spiro atoms. The van der Waals surface area contributed by atoms with Gasteiger partial charge >= 0.3 is 0 Å². The van der Waals surface area contributed by atoms with E-state index in [1.165, 1.54) is 4.31 Å². The number of unbranched alkanes of at least 4 members (excludes halogenated alkanes) is 1. The molecule has 86 valence electrons. The molecule has 0 saturated heterocycles. The first-order valence-corrected chi connectivity index (χ1v) is 6.47. The molecule has 6 heteroatoms. The van der Waals surface area contributed by atoms with E-state index in [1.807, 2.05) is 6.92 Å². The van der Waals surface area contributed by atoms with Crippen LogP contribution < -0.4 is 10.5 Å². The van der Waals surface area contributed by atoms with Gasteiger partial charge in [0.15, 0.2) is 0 Å². The molecule has 0 radical (unpaired) electrons. The van der Waals surface area contributed by atoms with E-state index in [4.69, 9.17) is 5.73 Å². The summed E-state index contributed by atoms with van der Waals surface area (Å²) >= 11 is 0. The monoisotopic (exact) mass is 223 g/mol. The number of nitrogens with two attached hydrogens (primary N) is 1. The minimum Gasteiger partial charge on any atom is -0.329 e. The van der Waals surface area contributed by atoms with Crippen LogP contribution in [0.5, 0.6) is 0 Å². The Kier molecular flexibility index (Phi) is 7.08. The summed E-state index contributed by atoms with van der Waals surface area (Å²) in [5.41, 5.74) is 5.36. The predicted octanol–water partition coefficient (Wildman–Crippen LogP) is -0.0985. The van der Waals surface area contributed by atoms with Crippen LogP contribution in [0, 0.1) is 0 Å². The highest BCUT2D eigenvalue weighted by Gasteiger charge is 2.18. The molecule has 0 aliphatic heterocycles. The van der Waals surface area contributed by atoms with Crippen LogP contribution in [0.15, 0.2) is 0 Å². The molecular weight excluding hydrogens is 202 g/mol. The normalized spacial score (nSPS) is 12.3. The molecule has 0 unspecified atom stereocenters. The van der Waals surface area contributed by atoms with Crippen molar-refractivity contribution in [2.75, 3.05) is 26.2 Å². The Hall–Kier alpha value is -0.170. The van der Waals surface area contributed by atoms with Gasteiger partial charge in [-0.1, -0.05) is 20.3 Å². The second-order valence-electron chi connectivity index (χ2n) is 3.04. The van der Waals surface area contributed by atoms with Gasteiger partial charge in [0.25, 0.3) is 10.2 Å². The van der Waals surface area contributed by atoms with Crippen LogP contribution in [0.1, 0.15) is 26.7 Å². The van der Waals surface area contributed by atoms with Crippen LogP contribution in [0.25, 0.3) is 0 Å². The zero-order valence-corrected chi connectivity index (χ0v) is 9.81. The smallest absolute Gasteiger partial charge is 0.279 e. The SMILES string of the molecule is CCCCN(CCN)S(=O)(=O)NCC. The van der Waals surface area contributed by atoms with Crippen LogP contribution in [-0.4, -0.2) is 38.9 Å². The maximum Gasteiger partial charge on any atom is 0.279 e. The van der Waals surface area contributed by atoms with Gasteiger partial charge in [-0.25, -0.2) is 4.72 Å². The molecule has 0 bridgehead atoms. The second-order valence-corrected chi connectivity index (χ2v) is 4.80. The lowest BCUT2D eigenvalue weighted by Crippen LogP contribution is -2.43. The predicted molar refractivity (Wildman–Crippen MR) is 58.1 cm³/mol. The highest BCUT2D eigenvalue weighted by Crippen LogP contribution is 2.00. The van der Waals surface area contributed by atoms with Crippen LogP contribution in [-0.2, 0) is 10.2 Å². The molecule has 14 heavy (non-hydrogen) atoms. The van der Waals surface area contributed by atoms with Gasteiger partial charge in [0.1, 0.15) is 0 Å². The fraction of sp³-hybridized carbons (Fsp3) is 1.00. The maximum absolute atomic E-state index is 11.6. The first-order chi connectivity index (χ1) is 6.58. The van der Waals surface area contributed by atoms with Crippen molar-refractivity contribution in [2.24, 2.45) is 5.73 Å². The fourth-order valence-electron chi connectivity index (χ4n) is 1.10. The number of hydrogen-bond donors (Lipinski definition) is 2. The van der Waals surface area contributed by atoms with Crippen molar-refractivity contribution in [1.29, 1.82) is 0 Å². The average Bonchev–Trinajstić information content (AvgIpc) is 2.11. The zero-order valence-electron chi connectivity index (χ0n) is 8.99. The molecule has 0 aromatic heterocycles. The molecule has 0 saturated carbocycles. The van der Waals surface area contributed by atoms with Gasteiger partial charge in [-0.2, -0.15) is 12.7 Å². The molecule has 0 aliphatic carbocycles. The molecule has 5 nitrogen and oxygen atoms in total. The molecule has 0 aromatic rings. The van der Waals surface area contributed by atoms with Gasteiger partial charge in [0, 0.05) is 26.2 Å². The van der Waals surface area contributed by atoms with Crippen molar-refractivity contribution < 1.29 is 8.42 Å². The van der Waals surface area contributed by atoms with E-state index in [9.17, 15) is 8.42 Å². The summed E-state index contributed by atoms with van der Waals surface area (Å²) in [5.74, 6) is 0. The van der Waals surface area contributed by atoms with Crippen molar-refractivity contribution in [1.82, 2.24) is 9.03 Å². The largest absolute Gasteiger partial charge is 0.329 e. The lowest BCUT2D eigenvalue weighted by molar-refractivity contribution is 0.403. The van der Waals surface area contributed by atoms with Gasteiger partial charge in [-0.05, 0) is 6.42 Å². The van der Waals surface area contributed by atoms with E-state index in [0.29, 0.717) is 26.2 Å². The van der Waals surface area contributed by atoms with Crippen LogP contribution >= 0.6 is 0 Å². The summed E-state index contributed by atoms with van der Waals surface area (Å²) in [6.07, 6.45) is 1.84. The molecule has 0 amide bonds. The zero-order chi connectivity index (χ0) is 11.0. The van der Waals surface area contributed by atoms with Crippen molar-refractivity contribution in [3.8, 4) is 0 Å². The third-order valence-electron chi connectivity index (χ3n) is 1.81. The third-order valence-corrected chi connectivity index (χ3v) is 3.50. The highest BCUT2D eigenvalue weighted by molar-refractivity contribution is 7.87. The maximum atomic E-state index is 11.6. The summed E-state index contributed by atoms with van der Waals surface area (Å²) in [5, 5.41) is 0. The number of rotatable bonds is 8. The van der Waals surface area contributed by atoms with Crippen molar-refractivity contribution >= 4 is 10.2 Å². The van der Waals surface area contributed by atoms with Gasteiger partial charge in [-0.3, -0.25) is 0 Å². The molecule has 0 fully saturated rings. The van der Waals surface area contributed by atoms with Crippen molar-refractivity contribution in [2.45, 2.75) is 26.7 Å². The Morgan fingerprint density at radius 2 is 1.93 bits per heavy atom. The molecule has 0 atom stereocenters. The molecular formula is C8H21N3O2S. The Morgan fingerprint density at radius 3 is 2.36 bits per heavy atom. The highest BCUT2D eigenvalue weighted by atomic mass is 32.2. The van der Waals surface area contributed by atoms with Gasteiger partial charge in [-0.15, -0.1) is 0 Å². The van der Waals surface area contributed by atoms with E-state index in [2.05, 4.69) is 4.72 Å². The standard InChI is InChI=1S/C8H21N3O2S/c1-3-5-7-11(8-6-9)14(12,13)10-4-2/h10H,3-9H2,1-2H3. The lowest BCUT2D eigenvalue weighted by atomic mass is 10.3. The van der Waals surface area contributed by atoms with Crippen LogP contribution in [0.3, 0.4) is 0 Å². The summed E-state index contributed by atoms with van der Waals surface area (Å²) < 4.78 is 27.0. The lowest BCUT2D eigenvalue weighted by Gasteiger charge is -2.20. The molecule has 0 rings (SSSR count). The summed E-state index contributed by atoms with van der Waals surface area (Å²) in [4.78, 5) is 0. The second kappa shape index (κ2) is 7.17. The first kappa shape index (κ1) is 13.8. The van der Waals surface area contributed by atoms with Crippen molar-refractivity contribution in [3.05, 3.63) is 0 Å². The van der Waals surface area contributed by atoms with E-state index in [0.717, 1.165) is 12.8 Å². The van der Waals surface area contributed by atoms with E-state index < -0.39 is 10.2 Å². The van der Waals surface area contributed by atoms with E-state index >= 15 is 0 Å². The summed E-state index contributed by atoms with van der Waals surface area (Å²) in [7, 11) is -3.30. The van der Waals surface area contributed by atoms with E-state index in [1.54, 1.807) is 6.92 Å². The Morgan fingerprint density at radius 1 is 1.29 bits per heavy atom. The first-order valence-electron chi connectivity index (χ1n) is 5.03. The minimum atomic E-state index is -3.30. The van der Waals surface area contributed by atoms with Gasteiger partial charge in [0.2, 0.25) is 0 Å². The minimum absolute atomic E-state index is 0.355. The molecule has 0 heterocycles. The third kappa shape index (κ3) is 4.90. The van der Waals surface area contributed by atoms with E-state index in [-0.39, 0.29) is 0 Å². The Labute approximate surface area is 86.8 Å². The number of hydrogen-bond acceptors (Lipinski definition) is 3. The van der Waals surface area contributed by atoms with Gasteiger partial charge < -0.3 is 5.73 Å². The fourth-order valence-corrected chi connectivity index (χ4v) is 2.37. The average molecular weight is 223 g/mol. The number of nitrogens with zero attached hydrogens (tertiary/aromatic N) is 1. The van der Waals surface area contributed by atoms with Crippen LogP contribution in [0.4, 0.5) is 0 Å². The topological polar surface area (TPSA) is 75.4 Å². The van der Waals surface area contributed by atoms with Crippen LogP contribution in [0.2, 0.25) is 0 Å². The van der Waals surface area contributed by atoms with Crippen molar-refractivity contribution in [3.63, 3.8) is 0 Å². The Bertz CT molecular complexity index is 229. The molecule has 0 aromatic carbocycles. The molecule has 3 N–H and O–H groups in total.